The summed E-state index contributed by atoms with van der Waals surface area (Å²) in [6, 6.07) is 5.10. The molecule has 1 unspecified atom stereocenters. The molecule has 0 aliphatic carbocycles. The van der Waals surface area contributed by atoms with Gasteiger partial charge in [-0.25, -0.2) is 9.59 Å². The average Bonchev–Trinajstić information content (AvgIpc) is 2.63. The summed E-state index contributed by atoms with van der Waals surface area (Å²) < 4.78 is 10.9. The van der Waals surface area contributed by atoms with E-state index in [0.717, 1.165) is 0 Å². The van der Waals surface area contributed by atoms with E-state index in [0.29, 0.717) is 21.7 Å². The Kier molecular flexibility index (Phi) is 6.19. The first-order chi connectivity index (χ1) is 12.9. The maximum Gasteiger partial charge on any atom is 0.337 e. The molecule has 27 heavy (non-hydrogen) atoms. The Morgan fingerprint density at radius 1 is 1.22 bits per heavy atom. The van der Waals surface area contributed by atoms with Crippen molar-refractivity contribution in [1.82, 2.24) is 5.32 Å². The minimum absolute atomic E-state index is 0.0234. The van der Waals surface area contributed by atoms with E-state index in [1.165, 1.54) is 12.3 Å². The van der Waals surface area contributed by atoms with Gasteiger partial charge in [-0.2, -0.15) is 9.99 Å². The maximum atomic E-state index is 12.6. The zero-order chi connectivity index (χ0) is 20.1. The molecule has 2 heterocycles. The van der Waals surface area contributed by atoms with Gasteiger partial charge in [0.1, 0.15) is 11.8 Å². The van der Waals surface area contributed by atoms with E-state index in [1.54, 1.807) is 33.8 Å². The Morgan fingerprint density at radius 2 is 1.81 bits per heavy atom. The van der Waals surface area contributed by atoms with Gasteiger partial charge in [0, 0.05) is 24.3 Å². The largest absolute Gasteiger partial charge is 0.619 e. The number of hydrogen-bond donors (Lipinski definition) is 1. The molecule has 0 saturated carbocycles. The number of hydrogen-bond acceptors (Lipinski definition) is 7. The van der Waals surface area contributed by atoms with Crippen molar-refractivity contribution in [2.24, 2.45) is 0 Å². The van der Waals surface area contributed by atoms with Crippen LogP contribution in [0.1, 0.15) is 37.9 Å². The number of carbonyl (C=O) groups excluding carboxylic acids is 2. The summed E-state index contributed by atoms with van der Waals surface area (Å²) in [6.07, 6.45) is 1.32. The fraction of sp³-hybridized carbons (Fsp3) is 0.368. The number of dihydropyridines is 1. The summed E-state index contributed by atoms with van der Waals surface area (Å²) in [5.74, 6) is -2.33. The van der Waals surface area contributed by atoms with Crippen molar-refractivity contribution in [2.75, 3.05) is 13.2 Å². The van der Waals surface area contributed by atoms with Crippen LogP contribution in [0.4, 0.5) is 0 Å². The number of carbonyl (C=O) groups is 2. The standard InChI is InChI=1S/C19H21N3O5/c1-5-26-18(23)15-11(3)21-14(10-20)17(19(24)27-6-2)16(15)13-8-7-9-22(25)12(13)4/h7-9,16,21H,5-6H2,1-4H3. The topological polar surface area (TPSA) is 115 Å². The fourth-order valence-corrected chi connectivity index (χ4v) is 3.02. The van der Waals surface area contributed by atoms with Crippen molar-refractivity contribution in [3.05, 3.63) is 57.3 Å². The SMILES string of the molecule is CCOC(=O)C1=C(C)NC(C#N)=C(C(=O)OCC)C1c1ccc[n+]([O-])c1C. The minimum atomic E-state index is -0.958. The molecule has 0 amide bonds. The number of nitrogens with one attached hydrogen (secondary N) is 1. The Bertz CT molecular complexity index is 880. The lowest BCUT2D eigenvalue weighted by Crippen LogP contribution is -2.36. The number of pyridine rings is 1. The van der Waals surface area contributed by atoms with E-state index >= 15 is 0 Å². The predicted molar refractivity (Wildman–Crippen MR) is 94.6 cm³/mol. The molecule has 1 atom stereocenters. The van der Waals surface area contributed by atoms with Gasteiger partial charge in [0.2, 0.25) is 0 Å². The normalized spacial score (nSPS) is 16.5. The highest BCUT2D eigenvalue weighted by Crippen LogP contribution is 2.39. The molecule has 8 heteroatoms. The van der Waals surface area contributed by atoms with Crippen molar-refractivity contribution in [2.45, 2.75) is 33.6 Å². The van der Waals surface area contributed by atoms with Crippen LogP contribution in [-0.4, -0.2) is 25.2 Å². The second kappa shape index (κ2) is 8.36. The zero-order valence-corrected chi connectivity index (χ0v) is 15.7. The fourth-order valence-electron chi connectivity index (χ4n) is 3.02. The Balaban J connectivity index is 2.79. The Hall–Kier alpha value is -3.34. The van der Waals surface area contributed by atoms with Gasteiger partial charge in [0.25, 0.3) is 0 Å². The molecular weight excluding hydrogens is 350 g/mol. The number of allylic oxidation sites excluding steroid dienone is 2. The highest BCUT2D eigenvalue weighted by molar-refractivity contribution is 6.00. The lowest BCUT2D eigenvalue weighted by atomic mass is 9.79. The van der Waals surface area contributed by atoms with Gasteiger partial charge in [-0.15, -0.1) is 0 Å². The van der Waals surface area contributed by atoms with Gasteiger partial charge in [0.05, 0.1) is 30.3 Å². The summed E-state index contributed by atoms with van der Waals surface area (Å²) in [5.41, 5.74) is 1.22. The number of nitrogens with zero attached hydrogens (tertiary/aromatic N) is 2. The van der Waals surface area contributed by atoms with Gasteiger partial charge in [-0.1, -0.05) is 0 Å². The second-order valence-corrected chi connectivity index (χ2v) is 5.81. The van der Waals surface area contributed by atoms with Gasteiger partial charge in [-0.05, 0) is 26.8 Å². The van der Waals surface area contributed by atoms with Crippen molar-refractivity contribution in [3.8, 4) is 6.07 Å². The van der Waals surface area contributed by atoms with Gasteiger partial charge in [-0.3, -0.25) is 0 Å². The second-order valence-electron chi connectivity index (χ2n) is 5.81. The molecule has 142 valence electrons. The van der Waals surface area contributed by atoms with Crippen LogP contribution in [0.25, 0.3) is 0 Å². The number of esters is 2. The third kappa shape index (κ3) is 3.77. The zero-order valence-electron chi connectivity index (χ0n) is 15.7. The highest BCUT2D eigenvalue weighted by Gasteiger charge is 2.41. The first-order valence-corrected chi connectivity index (χ1v) is 8.52. The molecule has 0 aromatic carbocycles. The lowest BCUT2D eigenvalue weighted by Gasteiger charge is -2.29. The molecule has 1 aliphatic heterocycles. The number of nitriles is 1. The molecule has 0 spiro atoms. The first kappa shape index (κ1) is 20.0. The maximum absolute atomic E-state index is 12.6. The molecule has 0 fully saturated rings. The first-order valence-electron chi connectivity index (χ1n) is 8.52. The van der Waals surface area contributed by atoms with Gasteiger partial charge in [0.15, 0.2) is 11.9 Å². The average molecular weight is 371 g/mol. The quantitative estimate of drug-likeness (QED) is 0.474. The Morgan fingerprint density at radius 3 is 2.37 bits per heavy atom. The summed E-state index contributed by atoms with van der Waals surface area (Å²) >= 11 is 0. The van der Waals surface area contributed by atoms with Crippen molar-refractivity contribution in [3.63, 3.8) is 0 Å². The summed E-state index contributed by atoms with van der Waals surface area (Å²) in [5, 5.41) is 24.4. The number of aromatic nitrogens is 1. The van der Waals surface area contributed by atoms with E-state index in [2.05, 4.69) is 5.32 Å². The van der Waals surface area contributed by atoms with Crippen LogP contribution in [0.15, 0.2) is 40.9 Å². The number of ether oxygens (including phenoxy) is 2. The summed E-state index contributed by atoms with van der Waals surface area (Å²) in [7, 11) is 0. The van der Waals surface area contributed by atoms with Crippen LogP contribution in [0, 0.1) is 23.5 Å². The van der Waals surface area contributed by atoms with Crippen molar-refractivity contribution in [1.29, 1.82) is 5.26 Å². The van der Waals surface area contributed by atoms with E-state index < -0.39 is 17.9 Å². The molecule has 1 N–H and O–H groups in total. The van der Waals surface area contributed by atoms with Crippen LogP contribution in [0.2, 0.25) is 0 Å². The van der Waals surface area contributed by atoms with E-state index in [1.807, 2.05) is 6.07 Å². The molecule has 2 rings (SSSR count). The molecule has 0 bridgehead atoms. The molecule has 1 aliphatic rings. The molecule has 0 saturated heterocycles. The highest BCUT2D eigenvalue weighted by atomic mass is 16.5. The van der Waals surface area contributed by atoms with E-state index in [-0.39, 0.29) is 30.1 Å². The number of rotatable bonds is 5. The van der Waals surface area contributed by atoms with E-state index in [4.69, 9.17) is 9.47 Å². The van der Waals surface area contributed by atoms with Gasteiger partial charge >= 0.3 is 11.9 Å². The van der Waals surface area contributed by atoms with Crippen LogP contribution >= 0.6 is 0 Å². The van der Waals surface area contributed by atoms with E-state index in [9.17, 15) is 20.1 Å². The molecular formula is C19H21N3O5. The Labute approximate surface area is 157 Å². The monoisotopic (exact) mass is 371 g/mol. The lowest BCUT2D eigenvalue weighted by molar-refractivity contribution is -0.612. The minimum Gasteiger partial charge on any atom is -0.619 e. The van der Waals surface area contributed by atoms with Crippen LogP contribution in [0.5, 0.6) is 0 Å². The van der Waals surface area contributed by atoms with Gasteiger partial charge < -0.3 is 20.0 Å². The predicted octanol–water partition coefficient (Wildman–Crippen LogP) is 1.49. The summed E-state index contributed by atoms with van der Waals surface area (Å²) in [6.45, 7) is 6.74. The van der Waals surface area contributed by atoms with Crippen LogP contribution < -0.4 is 10.0 Å². The molecule has 1 aromatic rings. The van der Waals surface area contributed by atoms with Crippen molar-refractivity contribution >= 4 is 11.9 Å². The smallest absolute Gasteiger partial charge is 0.337 e. The third-order valence-electron chi connectivity index (χ3n) is 4.22. The van der Waals surface area contributed by atoms with Crippen LogP contribution in [0.3, 0.4) is 0 Å². The molecule has 8 nitrogen and oxygen atoms in total. The summed E-state index contributed by atoms with van der Waals surface area (Å²) in [4.78, 5) is 25.3. The van der Waals surface area contributed by atoms with Crippen LogP contribution in [-0.2, 0) is 19.1 Å². The molecule has 0 radical (unpaired) electrons. The third-order valence-corrected chi connectivity index (χ3v) is 4.22. The molecule has 1 aromatic heterocycles. The van der Waals surface area contributed by atoms with Crippen molar-refractivity contribution < 1.29 is 23.8 Å².